The van der Waals surface area contributed by atoms with E-state index in [1.165, 1.54) is 5.56 Å². The van der Waals surface area contributed by atoms with Crippen LogP contribution in [-0.2, 0) is 11.3 Å². The van der Waals surface area contributed by atoms with Gasteiger partial charge in [0.05, 0.1) is 13.2 Å². The monoisotopic (exact) mass is 235 g/mol. The topological polar surface area (TPSA) is 52.9 Å². The molecule has 1 atom stereocenters. The van der Waals surface area contributed by atoms with Gasteiger partial charge >= 0.3 is 7.12 Å². The summed E-state index contributed by atoms with van der Waals surface area (Å²) in [6.45, 7) is 5.56. The van der Waals surface area contributed by atoms with E-state index in [1.54, 1.807) is 12.1 Å². The van der Waals surface area contributed by atoms with Crippen LogP contribution in [0.2, 0.25) is 0 Å². The smallest absolute Gasteiger partial charge is 0.423 e. The Balaban J connectivity index is 1.98. The van der Waals surface area contributed by atoms with Crippen LogP contribution in [0.3, 0.4) is 0 Å². The third-order valence-corrected chi connectivity index (χ3v) is 3.17. The summed E-state index contributed by atoms with van der Waals surface area (Å²) in [7, 11) is -1.38. The molecule has 4 nitrogen and oxygen atoms in total. The van der Waals surface area contributed by atoms with Crippen LogP contribution in [-0.4, -0.2) is 47.9 Å². The quantitative estimate of drug-likeness (QED) is 0.699. The predicted octanol–water partition coefficient (Wildman–Crippen LogP) is -0.413. The Hall–Kier alpha value is -0.875. The first kappa shape index (κ1) is 12.6. The lowest BCUT2D eigenvalue weighted by molar-refractivity contribution is -0.00436. The minimum atomic E-state index is -1.38. The fraction of sp³-hybridized carbons (Fsp3) is 0.500. The molecule has 0 aromatic heterocycles. The molecule has 1 aliphatic heterocycles. The lowest BCUT2D eigenvalue weighted by Crippen LogP contribution is -2.43. The summed E-state index contributed by atoms with van der Waals surface area (Å²) in [6.07, 6.45) is 0. The molecule has 1 aromatic rings. The van der Waals surface area contributed by atoms with Gasteiger partial charge in [0, 0.05) is 19.1 Å². The number of benzene rings is 1. The van der Waals surface area contributed by atoms with E-state index in [4.69, 9.17) is 14.8 Å². The van der Waals surface area contributed by atoms with E-state index in [0.717, 1.165) is 26.3 Å². The summed E-state index contributed by atoms with van der Waals surface area (Å²) in [5, 5.41) is 18.0. The van der Waals surface area contributed by atoms with Gasteiger partial charge < -0.3 is 14.8 Å². The van der Waals surface area contributed by atoms with Gasteiger partial charge in [0.1, 0.15) is 0 Å². The summed E-state index contributed by atoms with van der Waals surface area (Å²) in [5.41, 5.74) is 1.71. The van der Waals surface area contributed by atoms with Crippen LogP contribution in [0.25, 0.3) is 0 Å². The Bertz CT molecular complexity index is 355. The molecule has 1 fully saturated rings. The van der Waals surface area contributed by atoms with Crippen molar-refractivity contribution in [1.82, 2.24) is 4.90 Å². The van der Waals surface area contributed by atoms with Crippen LogP contribution in [0.15, 0.2) is 24.3 Å². The maximum atomic E-state index is 9.01. The average Bonchev–Trinajstić information content (AvgIpc) is 2.33. The summed E-state index contributed by atoms with van der Waals surface area (Å²) >= 11 is 0. The first-order valence-corrected chi connectivity index (χ1v) is 5.93. The first-order valence-electron chi connectivity index (χ1n) is 5.93. The largest absolute Gasteiger partial charge is 0.488 e. The Morgan fingerprint density at radius 2 is 2.06 bits per heavy atom. The molecule has 1 aromatic carbocycles. The second-order valence-electron chi connectivity index (χ2n) is 4.51. The lowest BCUT2D eigenvalue weighted by atomic mass is 9.80. The minimum Gasteiger partial charge on any atom is -0.423 e. The molecule has 0 saturated carbocycles. The Labute approximate surface area is 102 Å². The highest BCUT2D eigenvalue weighted by Gasteiger charge is 2.18. The number of hydrogen-bond acceptors (Lipinski definition) is 4. The fourth-order valence-corrected chi connectivity index (χ4v) is 2.03. The van der Waals surface area contributed by atoms with Crippen molar-refractivity contribution in [3.05, 3.63) is 29.8 Å². The molecule has 2 rings (SSSR count). The molecule has 2 N–H and O–H groups in total. The maximum absolute atomic E-state index is 9.01. The molecule has 0 spiro atoms. The Morgan fingerprint density at radius 3 is 2.65 bits per heavy atom. The van der Waals surface area contributed by atoms with E-state index in [-0.39, 0.29) is 0 Å². The van der Waals surface area contributed by atoms with Gasteiger partial charge in [-0.1, -0.05) is 24.3 Å². The summed E-state index contributed by atoms with van der Waals surface area (Å²) in [5.74, 6) is 0. The average molecular weight is 235 g/mol. The normalized spacial score (nSPS) is 21.5. The van der Waals surface area contributed by atoms with Crippen molar-refractivity contribution in [2.75, 3.05) is 19.8 Å². The third kappa shape index (κ3) is 3.29. The van der Waals surface area contributed by atoms with Crippen molar-refractivity contribution in [3.8, 4) is 0 Å². The molecule has 1 heterocycles. The van der Waals surface area contributed by atoms with Gasteiger partial charge in [-0.15, -0.1) is 0 Å². The highest BCUT2D eigenvalue weighted by Crippen LogP contribution is 2.11. The van der Waals surface area contributed by atoms with Crippen LogP contribution in [0.1, 0.15) is 12.5 Å². The van der Waals surface area contributed by atoms with Gasteiger partial charge in [-0.05, 0) is 17.9 Å². The number of ether oxygens (including phenoxy) is 1. The van der Waals surface area contributed by atoms with E-state index in [1.807, 2.05) is 12.1 Å². The number of nitrogens with zero attached hydrogens (tertiary/aromatic N) is 1. The van der Waals surface area contributed by atoms with Crippen LogP contribution in [0.5, 0.6) is 0 Å². The zero-order valence-electron chi connectivity index (χ0n) is 10.0. The molecule has 5 heteroatoms. The Morgan fingerprint density at radius 1 is 1.35 bits per heavy atom. The van der Waals surface area contributed by atoms with Crippen molar-refractivity contribution in [1.29, 1.82) is 0 Å². The molecular weight excluding hydrogens is 217 g/mol. The number of morpholine rings is 1. The fourth-order valence-electron chi connectivity index (χ4n) is 2.03. The zero-order valence-corrected chi connectivity index (χ0v) is 10.0. The van der Waals surface area contributed by atoms with Crippen LogP contribution in [0.4, 0.5) is 0 Å². The summed E-state index contributed by atoms with van der Waals surface area (Å²) < 4.78 is 5.39. The van der Waals surface area contributed by atoms with Gasteiger partial charge in [0.15, 0.2) is 0 Å². The van der Waals surface area contributed by atoms with Gasteiger partial charge in [0.25, 0.3) is 0 Å². The number of rotatable bonds is 3. The van der Waals surface area contributed by atoms with E-state index >= 15 is 0 Å². The van der Waals surface area contributed by atoms with Crippen LogP contribution < -0.4 is 5.46 Å². The second-order valence-corrected chi connectivity index (χ2v) is 4.51. The van der Waals surface area contributed by atoms with Crippen molar-refractivity contribution in [2.24, 2.45) is 0 Å². The summed E-state index contributed by atoms with van der Waals surface area (Å²) in [4.78, 5) is 2.37. The van der Waals surface area contributed by atoms with Gasteiger partial charge in [-0.2, -0.15) is 0 Å². The van der Waals surface area contributed by atoms with E-state index in [2.05, 4.69) is 11.8 Å². The predicted molar refractivity (Wildman–Crippen MR) is 67.0 cm³/mol. The molecule has 0 aliphatic carbocycles. The van der Waals surface area contributed by atoms with Crippen LogP contribution in [0, 0.1) is 0 Å². The lowest BCUT2D eigenvalue weighted by Gasteiger charge is -2.33. The zero-order chi connectivity index (χ0) is 12.3. The minimum absolute atomic E-state index is 0.437. The molecule has 92 valence electrons. The highest BCUT2D eigenvalue weighted by molar-refractivity contribution is 6.58. The third-order valence-electron chi connectivity index (χ3n) is 3.17. The second kappa shape index (κ2) is 5.64. The Kier molecular flexibility index (Phi) is 4.18. The van der Waals surface area contributed by atoms with Gasteiger partial charge in [0.2, 0.25) is 0 Å². The maximum Gasteiger partial charge on any atom is 0.488 e. The van der Waals surface area contributed by atoms with Crippen molar-refractivity contribution in [2.45, 2.75) is 19.5 Å². The van der Waals surface area contributed by atoms with Crippen molar-refractivity contribution in [3.63, 3.8) is 0 Å². The molecule has 0 amide bonds. The molecule has 17 heavy (non-hydrogen) atoms. The van der Waals surface area contributed by atoms with E-state index in [0.29, 0.717) is 11.5 Å². The summed E-state index contributed by atoms with van der Waals surface area (Å²) in [6, 6.07) is 7.83. The molecule has 0 radical (unpaired) electrons. The van der Waals surface area contributed by atoms with E-state index < -0.39 is 7.12 Å². The molecule has 0 unspecified atom stereocenters. The van der Waals surface area contributed by atoms with Crippen molar-refractivity contribution < 1.29 is 14.8 Å². The van der Waals surface area contributed by atoms with Gasteiger partial charge in [-0.3, -0.25) is 4.90 Å². The molecule has 0 bridgehead atoms. The SMILES string of the molecule is C[C@H]1COCCN1Cc1ccc(B(O)O)cc1. The van der Waals surface area contributed by atoms with Crippen molar-refractivity contribution >= 4 is 12.6 Å². The number of hydrogen-bond donors (Lipinski definition) is 2. The first-order chi connectivity index (χ1) is 8.16. The van der Waals surface area contributed by atoms with Gasteiger partial charge in [-0.25, -0.2) is 0 Å². The highest BCUT2D eigenvalue weighted by atomic mass is 16.5. The van der Waals surface area contributed by atoms with E-state index in [9.17, 15) is 0 Å². The standard InChI is InChI=1S/C12H18BNO3/c1-10-9-17-7-6-14(10)8-11-2-4-12(5-3-11)13(15)16/h2-5,10,15-16H,6-9H2,1H3/t10-/m0/s1. The molecular formula is C12H18BNO3. The molecule has 1 saturated heterocycles. The van der Waals surface area contributed by atoms with Crippen LogP contribution >= 0.6 is 0 Å². The molecule has 1 aliphatic rings.